The van der Waals surface area contributed by atoms with Crippen LogP contribution in [0.25, 0.3) is 43.8 Å². The van der Waals surface area contributed by atoms with Crippen LogP contribution in [0.15, 0.2) is 84.9 Å². The molecule has 2 heteroatoms. The van der Waals surface area contributed by atoms with Gasteiger partial charge in [0.05, 0.1) is 14.2 Å². The molecule has 0 bridgehead atoms. The van der Waals surface area contributed by atoms with Gasteiger partial charge >= 0.3 is 0 Å². The van der Waals surface area contributed by atoms with Crippen molar-refractivity contribution in [3.63, 3.8) is 0 Å². The zero-order valence-electron chi connectivity index (χ0n) is 19.4. The van der Waals surface area contributed by atoms with E-state index in [9.17, 15) is 0 Å². The zero-order chi connectivity index (χ0) is 22.7. The second kappa shape index (κ2) is 7.11. The first-order valence-corrected chi connectivity index (χ1v) is 11.3. The molecule has 1 aliphatic rings. The Kier molecular flexibility index (Phi) is 4.28. The van der Waals surface area contributed by atoms with Crippen molar-refractivity contribution in [2.45, 2.75) is 19.3 Å². The second-order valence-electron chi connectivity index (χ2n) is 9.32. The van der Waals surface area contributed by atoms with Crippen LogP contribution in [0, 0.1) is 0 Å². The molecule has 33 heavy (non-hydrogen) atoms. The lowest BCUT2D eigenvalue weighted by molar-refractivity contribution is 0.415. The summed E-state index contributed by atoms with van der Waals surface area (Å²) < 4.78 is 11.2. The SMILES string of the molecule is COc1ccc2c3c(c4ccc(OC)cc4c2c1)C(C)(C)c1cc(-c2ccccc2)ccc1-3. The fourth-order valence-electron chi connectivity index (χ4n) is 5.60. The fraction of sp³-hybridized carbons (Fsp3) is 0.161. The summed E-state index contributed by atoms with van der Waals surface area (Å²) in [5, 5.41) is 4.92. The Morgan fingerprint density at radius 2 is 1.21 bits per heavy atom. The molecule has 2 nitrogen and oxygen atoms in total. The van der Waals surface area contributed by atoms with Gasteiger partial charge in [-0.2, -0.15) is 0 Å². The summed E-state index contributed by atoms with van der Waals surface area (Å²) in [5.74, 6) is 1.73. The average Bonchev–Trinajstić information content (AvgIpc) is 3.10. The van der Waals surface area contributed by atoms with Crippen molar-refractivity contribution in [3.8, 4) is 33.8 Å². The van der Waals surface area contributed by atoms with E-state index in [0.29, 0.717) is 0 Å². The molecule has 1 aliphatic carbocycles. The standard InChI is InChI=1S/C31H26O2/c1-31(2)28-16-20(19-8-6-5-7-9-19)10-13-25(28)29-23-14-11-21(32-3)17-26(23)27-18-22(33-4)12-15-24(27)30(29)31/h5-18H,1-4H3. The van der Waals surface area contributed by atoms with Gasteiger partial charge in [-0.3, -0.25) is 0 Å². The normalized spacial score (nSPS) is 13.7. The topological polar surface area (TPSA) is 18.5 Å². The Morgan fingerprint density at radius 1 is 0.576 bits per heavy atom. The minimum atomic E-state index is -0.129. The van der Waals surface area contributed by atoms with Crippen LogP contribution in [-0.2, 0) is 5.41 Å². The van der Waals surface area contributed by atoms with Gasteiger partial charge in [0, 0.05) is 5.41 Å². The smallest absolute Gasteiger partial charge is 0.119 e. The van der Waals surface area contributed by atoms with Crippen LogP contribution in [0.1, 0.15) is 25.0 Å². The highest BCUT2D eigenvalue weighted by Crippen LogP contribution is 2.55. The molecule has 0 fully saturated rings. The number of hydrogen-bond donors (Lipinski definition) is 0. The van der Waals surface area contributed by atoms with E-state index in [1.54, 1.807) is 14.2 Å². The van der Waals surface area contributed by atoms with Crippen LogP contribution in [0.5, 0.6) is 11.5 Å². The first kappa shape index (κ1) is 19.9. The summed E-state index contributed by atoms with van der Waals surface area (Å²) in [5.41, 5.74) is 7.80. The predicted molar refractivity (Wildman–Crippen MR) is 138 cm³/mol. The minimum Gasteiger partial charge on any atom is -0.497 e. The monoisotopic (exact) mass is 430 g/mol. The van der Waals surface area contributed by atoms with E-state index >= 15 is 0 Å². The molecule has 0 radical (unpaired) electrons. The molecule has 0 atom stereocenters. The van der Waals surface area contributed by atoms with Gasteiger partial charge in [-0.15, -0.1) is 0 Å². The summed E-state index contributed by atoms with van der Waals surface area (Å²) in [4.78, 5) is 0. The summed E-state index contributed by atoms with van der Waals surface area (Å²) in [6.07, 6.45) is 0. The molecule has 0 saturated heterocycles. The van der Waals surface area contributed by atoms with E-state index in [0.717, 1.165) is 11.5 Å². The number of ether oxygens (including phenoxy) is 2. The van der Waals surface area contributed by atoms with Gasteiger partial charge in [0.15, 0.2) is 0 Å². The number of rotatable bonds is 3. The molecule has 0 heterocycles. The summed E-state index contributed by atoms with van der Waals surface area (Å²) in [7, 11) is 3.45. The highest BCUT2D eigenvalue weighted by Gasteiger charge is 2.38. The minimum absolute atomic E-state index is 0.129. The number of hydrogen-bond acceptors (Lipinski definition) is 2. The van der Waals surface area contributed by atoms with Crippen molar-refractivity contribution in [1.29, 1.82) is 0 Å². The van der Waals surface area contributed by atoms with Crippen molar-refractivity contribution in [1.82, 2.24) is 0 Å². The Bertz CT molecular complexity index is 1540. The van der Waals surface area contributed by atoms with Gasteiger partial charge in [-0.25, -0.2) is 0 Å². The van der Waals surface area contributed by atoms with Gasteiger partial charge in [0.1, 0.15) is 11.5 Å². The molecular formula is C31H26O2. The molecule has 0 amide bonds. The maximum Gasteiger partial charge on any atom is 0.119 e. The first-order chi connectivity index (χ1) is 16.0. The van der Waals surface area contributed by atoms with Gasteiger partial charge in [0.25, 0.3) is 0 Å². The van der Waals surface area contributed by atoms with Crippen LogP contribution in [0.2, 0.25) is 0 Å². The summed E-state index contributed by atoms with van der Waals surface area (Å²) in [6.45, 7) is 4.71. The van der Waals surface area contributed by atoms with E-state index in [1.807, 2.05) is 0 Å². The van der Waals surface area contributed by atoms with Gasteiger partial charge in [0.2, 0.25) is 0 Å². The Labute approximate surface area is 194 Å². The predicted octanol–water partition coefficient (Wildman–Crippen LogP) is 7.98. The third-order valence-electron chi connectivity index (χ3n) is 7.23. The number of methoxy groups -OCH3 is 2. The Morgan fingerprint density at radius 3 is 1.88 bits per heavy atom. The molecule has 5 aromatic rings. The summed E-state index contributed by atoms with van der Waals surface area (Å²) in [6, 6.07) is 30.5. The van der Waals surface area contributed by atoms with E-state index in [-0.39, 0.29) is 5.41 Å². The molecule has 162 valence electrons. The van der Waals surface area contributed by atoms with Gasteiger partial charge in [-0.05, 0) is 85.3 Å². The van der Waals surface area contributed by atoms with Gasteiger partial charge < -0.3 is 9.47 Å². The second-order valence-corrected chi connectivity index (χ2v) is 9.32. The average molecular weight is 431 g/mol. The highest BCUT2D eigenvalue weighted by atomic mass is 16.5. The third kappa shape index (κ3) is 2.80. The molecule has 6 rings (SSSR count). The molecule has 0 unspecified atom stereocenters. The van der Waals surface area contributed by atoms with Crippen LogP contribution in [0.4, 0.5) is 0 Å². The maximum atomic E-state index is 5.59. The van der Waals surface area contributed by atoms with Crippen molar-refractivity contribution in [2.24, 2.45) is 0 Å². The van der Waals surface area contributed by atoms with Crippen LogP contribution in [0.3, 0.4) is 0 Å². The van der Waals surface area contributed by atoms with E-state index in [2.05, 4.69) is 98.8 Å². The van der Waals surface area contributed by atoms with Crippen molar-refractivity contribution >= 4 is 21.5 Å². The van der Waals surface area contributed by atoms with Gasteiger partial charge in [-0.1, -0.05) is 68.4 Å². The van der Waals surface area contributed by atoms with E-state index in [4.69, 9.17) is 9.47 Å². The molecule has 0 spiro atoms. The Hall–Kier alpha value is -3.78. The quantitative estimate of drug-likeness (QED) is 0.270. The maximum absolute atomic E-state index is 5.59. The van der Waals surface area contributed by atoms with Crippen molar-refractivity contribution in [3.05, 3.63) is 96.1 Å². The highest BCUT2D eigenvalue weighted by molar-refractivity contribution is 6.19. The lowest BCUT2D eigenvalue weighted by atomic mass is 9.78. The number of fused-ring (bicyclic) bond motifs is 8. The first-order valence-electron chi connectivity index (χ1n) is 11.3. The van der Waals surface area contributed by atoms with E-state index in [1.165, 1.54) is 54.9 Å². The van der Waals surface area contributed by atoms with E-state index < -0.39 is 0 Å². The fourth-order valence-corrected chi connectivity index (χ4v) is 5.60. The van der Waals surface area contributed by atoms with Crippen LogP contribution in [-0.4, -0.2) is 14.2 Å². The molecule has 0 aromatic heterocycles. The zero-order valence-corrected chi connectivity index (χ0v) is 19.4. The third-order valence-corrected chi connectivity index (χ3v) is 7.23. The molecule has 0 saturated carbocycles. The largest absolute Gasteiger partial charge is 0.497 e. The van der Waals surface area contributed by atoms with Crippen molar-refractivity contribution in [2.75, 3.05) is 14.2 Å². The molecule has 5 aromatic carbocycles. The van der Waals surface area contributed by atoms with Crippen LogP contribution < -0.4 is 9.47 Å². The molecule has 0 N–H and O–H groups in total. The summed E-state index contributed by atoms with van der Waals surface area (Å²) >= 11 is 0. The van der Waals surface area contributed by atoms with Crippen molar-refractivity contribution < 1.29 is 9.47 Å². The molecule has 0 aliphatic heterocycles. The molecular weight excluding hydrogens is 404 g/mol. The van der Waals surface area contributed by atoms with Crippen LogP contribution >= 0.6 is 0 Å². The number of benzene rings is 5. The lowest BCUT2D eigenvalue weighted by Gasteiger charge is -2.24. The Balaban J connectivity index is 1.73. The lowest BCUT2D eigenvalue weighted by Crippen LogP contribution is -2.15.